The molecule has 0 bridgehead atoms. The van der Waals surface area contributed by atoms with Gasteiger partial charge in [-0.1, -0.05) is 6.08 Å². The number of rotatable bonds is 4. The van der Waals surface area contributed by atoms with E-state index in [0.29, 0.717) is 6.42 Å². The van der Waals surface area contributed by atoms with Crippen LogP contribution in [0.1, 0.15) is 28.4 Å². The molecule has 1 rings (SSSR count). The van der Waals surface area contributed by atoms with Gasteiger partial charge in [-0.2, -0.15) is 0 Å². The van der Waals surface area contributed by atoms with Gasteiger partial charge in [0.15, 0.2) is 0 Å². The SMILES string of the molecule is C=CC[C@@H](N)c1cc(F)cc(C(=O)O)c1O.Cl. The Kier molecular flexibility index (Phi) is 5.64. The van der Waals surface area contributed by atoms with Gasteiger partial charge in [0.05, 0.1) is 0 Å². The van der Waals surface area contributed by atoms with Crippen LogP contribution in [0.5, 0.6) is 5.75 Å². The topological polar surface area (TPSA) is 83.6 Å². The molecule has 17 heavy (non-hydrogen) atoms. The summed E-state index contributed by atoms with van der Waals surface area (Å²) >= 11 is 0. The number of nitrogens with two attached hydrogens (primary N) is 1. The number of carbonyl (C=O) groups is 1. The molecule has 0 saturated heterocycles. The van der Waals surface area contributed by atoms with Crippen LogP contribution in [0.15, 0.2) is 24.8 Å². The molecule has 0 aliphatic rings. The van der Waals surface area contributed by atoms with Gasteiger partial charge in [0.25, 0.3) is 0 Å². The maximum absolute atomic E-state index is 13.1. The van der Waals surface area contributed by atoms with Crippen LogP contribution < -0.4 is 5.73 Å². The van der Waals surface area contributed by atoms with Crippen molar-refractivity contribution in [1.82, 2.24) is 0 Å². The van der Waals surface area contributed by atoms with Gasteiger partial charge in [-0.15, -0.1) is 19.0 Å². The van der Waals surface area contributed by atoms with E-state index in [0.717, 1.165) is 12.1 Å². The van der Waals surface area contributed by atoms with Crippen molar-refractivity contribution in [3.8, 4) is 5.75 Å². The van der Waals surface area contributed by atoms with E-state index in [9.17, 15) is 14.3 Å². The lowest BCUT2D eigenvalue weighted by Crippen LogP contribution is -2.11. The summed E-state index contributed by atoms with van der Waals surface area (Å²) in [5.41, 5.74) is 5.23. The van der Waals surface area contributed by atoms with E-state index in [1.807, 2.05) is 0 Å². The van der Waals surface area contributed by atoms with Gasteiger partial charge < -0.3 is 15.9 Å². The predicted octanol–water partition coefficient (Wildman–Crippen LogP) is 2.23. The molecule has 4 N–H and O–H groups in total. The van der Waals surface area contributed by atoms with Gasteiger partial charge >= 0.3 is 5.97 Å². The Bertz CT molecular complexity index is 437. The largest absolute Gasteiger partial charge is 0.507 e. The van der Waals surface area contributed by atoms with E-state index < -0.39 is 29.1 Å². The van der Waals surface area contributed by atoms with Crippen LogP contribution in [0, 0.1) is 5.82 Å². The van der Waals surface area contributed by atoms with Crippen LogP contribution in [0.4, 0.5) is 4.39 Å². The second kappa shape index (κ2) is 6.22. The first-order chi connectivity index (χ1) is 7.47. The molecule has 0 aromatic heterocycles. The molecule has 0 heterocycles. The van der Waals surface area contributed by atoms with Gasteiger partial charge in [0.1, 0.15) is 17.1 Å². The van der Waals surface area contributed by atoms with E-state index >= 15 is 0 Å². The third-order valence-electron chi connectivity index (χ3n) is 2.15. The molecular formula is C11H13ClFNO3. The highest BCUT2D eigenvalue weighted by Gasteiger charge is 2.19. The molecule has 6 heteroatoms. The van der Waals surface area contributed by atoms with Crippen LogP contribution in [-0.4, -0.2) is 16.2 Å². The van der Waals surface area contributed by atoms with Gasteiger partial charge in [-0.3, -0.25) is 0 Å². The van der Waals surface area contributed by atoms with Crippen molar-refractivity contribution in [3.05, 3.63) is 41.7 Å². The number of aromatic hydroxyl groups is 1. The maximum Gasteiger partial charge on any atom is 0.339 e. The van der Waals surface area contributed by atoms with Crippen LogP contribution >= 0.6 is 12.4 Å². The molecule has 94 valence electrons. The van der Waals surface area contributed by atoms with Gasteiger partial charge in [-0.05, 0) is 18.6 Å². The number of phenols is 1. The average Bonchev–Trinajstić information content (AvgIpc) is 2.20. The number of hydrogen-bond donors (Lipinski definition) is 3. The highest BCUT2D eigenvalue weighted by molar-refractivity contribution is 5.91. The molecule has 0 aliphatic carbocycles. The Balaban J connectivity index is 0.00000256. The van der Waals surface area contributed by atoms with Gasteiger partial charge in [0, 0.05) is 11.6 Å². The number of halogens is 2. The molecule has 0 saturated carbocycles. The van der Waals surface area contributed by atoms with Crippen LogP contribution in [0.25, 0.3) is 0 Å². The van der Waals surface area contributed by atoms with E-state index in [4.69, 9.17) is 10.8 Å². The molecule has 1 aromatic carbocycles. The highest BCUT2D eigenvalue weighted by atomic mass is 35.5. The summed E-state index contributed by atoms with van der Waals surface area (Å²) in [5.74, 6) is -2.64. The van der Waals surface area contributed by atoms with Gasteiger partial charge in [-0.25, -0.2) is 9.18 Å². The second-order valence-electron chi connectivity index (χ2n) is 3.33. The number of carboxylic acid groups (broad SMARTS) is 1. The molecule has 0 radical (unpaired) electrons. The Morgan fingerprint density at radius 1 is 1.59 bits per heavy atom. The third kappa shape index (κ3) is 3.44. The Morgan fingerprint density at radius 2 is 2.18 bits per heavy atom. The molecule has 0 amide bonds. The first-order valence-electron chi connectivity index (χ1n) is 4.59. The first-order valence-corrected chi connectivity index (χ1v) is 4.59. The normalized spacial score (nSPS) is 11.4. The quantitative estimate of drug-likeness (QED) is 0.726. The minimum atomic E-state index is -1.40. The lowest BCUT2D eigenvalue weighted by atomic mass is 10.00. The molecule has 0 unspecified atom stereocenters. The van der Waals surface area contributed by atoms with Crippen molar-refractivity contribution >= 4 is 18.4 Å². The zero-order valence-corrected chi connectivity index (χ0v) is 9.71. The fourth-order valence-electron chi connectivity index (χ4n) is 1.37. The Hall–Kier alpha value is -1.59. The minimum Gasteiger partial charge on any atom is -0.507 e. The van der Waals surface area contributed by atoms with Gasteiger partial charge in [0.2, 0.25) is 0 Å². The number of hydrogen-bond acceptors (Lipinski definition) is 3. The monoisotopic (exact) mass is 261 g/mol. The second-order valence-corrected chi connectivity index (χ2v) is 3.33. The average molecular weight is 262 g/mol. The predicted molar refractivity (Wildman–Crippen MR) is 64.0 cm³/mol. The van der Waals surface area contributed by atoms with Crippen molar-refractivity contribution in [2.75, 3.05) is 0 Å². The van der Waals surface area contributed by atoms with Crippen molar-refractivity contribution < 1.29 is 19.4 Å². The fourth-order valence-corrected chi connectivity index (χ4v) is 1.37. The molecule has 0 aliphatic heterocycles. The zero-order valence-electron chi connectivity index (χ0n) is 8.89. The number of carboxylic acids is 1. The standard InChI is InChI=1S/C11H12FNO3.ClH/c1-2-3-9(13)7-4-6(12)5-8(10(7)14)11(15)16;/h2,4-5,9,14H,1,3,13H2,(H,15,16);1H/t9-;/m1./s1. The van der Waals surface area contributed by atoms with Crippen LogP contribution in [-0.2, 0) is 0 Å². The van der Waals surface area contributed by atoms with Crippen LogP contribution in [0.3, 0.4) is 0 Å². The smallest absolute Gasteiger partial charge is 0.339 e. The lowest BCUT2D eigenvalue weighted by Gasteiger charge is -2.13. The highest BCUT2D eigenvalue weighted by Crippen LogP contribution is 2.29. The zero-order chi connectivity index (χ0) is 12.3. The summed E-state index contributed by atoms with van der Waals surface area (Å²) in [4.78, 5) is 10.7. The van der Waals surface area contributed by atoms with E-state index in [1.54, 1.807) is 0 Å². The Labute approximate surface area is 104 Å². The summed E-state index contributed by atoms with van der Waals surface area (Å²) in [6.45, 7) is 3.46. The summed E-state index contributed by atoms with van der Waals surface area (Å²) in [5, 5.41) is 18.4. The first kappa shape index (κ1) is 15.4. The number of aromatic carboxylic acids is 1. The van der Waals surface area contributed by atoms with E-state index in [1.165, 1.54) is 6.08 Å². The molecule has 1 atom stereocenters. The third-order valence-corrected chi connectivity index (χ3v) is 2.15. The number of benzene rings is 1. The van der Waals surface area contributed by atoms with Crippen molar-refractivity contribution in [2.24, 2.45) is 5.73 Å². The fraction of sp³-hybridized carbons (Fsp3) is 0.182. The molecule has 0 spiro atoms. The summed E-state index contributed by atoms with van der Waals surface area (Å²) in [6.07, 6.45) is 1.82. The summed E-state index contributed by atoms with van der Waals surface area (Å²) in [6, 6.07) is 1.10. The summed E-state index contributed by atoms with van der Waals surface area (Å²) in [7, 11) is 0. The molecule has 1 aromatic rings. The minimum absolute atomic E-state index is 0. The molecule has 4 nitrogen and oxygen atoms in total. The summed E-state index contributed by atoms with van der Waals surface area (Å²) < 4.78 is 13.1. The lowest BCUT2D eigenvalue weighted by molar-refractivity contribution is 0.0693. The Morgan fingerprint density at radius 3 is 2.65 bits per heavy atom. The molecule has 0 fully saturated rings. The maximum atomic E-state index is 13.1. The molecular weight excluding hydrogens is 249 g/mol. The van der Waals surface area contributed by atoms with Crippen LogP contribution in [0.2, 0.25) is 0 Å². The van der Waals surface area contributed by atoms with E-state index in [-0.39, 0.29) is 18.0 Å². The van der Waals surface area contributed by atoms with E-state index in [2.05, 4.69) is 6.58 Å². The van der Waals surface area contributed by atoms with Crippen molar-refractivity contribution in [1.29, 1.82) is 0 Å². The van der Waals surface area contributed by atoms with Crippen molar-refractivity contribution in [3.63, 3.8) is 0 Å². The van der Waals surface area contributed by atoms with Crippen molar-refractivity contribution in [2.45, 2.75) is 12.5 Å².